The maximum atomic E-state index is 5.69. The monoisotopic (exact) mass is 194 g/mol. The number of thioether (sulfide) groups is 1. The van der Waals surface area contributed by atoms with Gasteiger partial charge >= 0.3 is 0 Å². The SMILES string of the molecule is CC(C)C(C)(C)BCl.CSC. The predicted molar refractivity (Wildman–Crippen MR) is 61.3 cm³/mol. The minimum atomic E-state index is 0.307. The van der Waals surface area contributed by atoms with Gasteiger partial charge in [0.25, 0.3) is 0 Å². The Hall–Kier alpha value is 0.705. The van der Waals surface area contributed by atoms with E-state index in [2.05, 4.69) is 27.7 Å². The van der Waals surface area contributed by atoms with Gasteiger partial charge in [0.15, 0.2) is 0 Å². The molecule has 0 bridgehead atoms. The highest BCUT2D eigenvalue weighted by Crippen LogP contribution is 2.33. The Balaban J connectivity index is 0. The van der Waals surface area contributed by atoms with Gasteiger partial charge in [0.2, 0.25) is 6.69 Å². The molecule has 0 radical (unpaired) electrons. The summed E-state index contributed by atoms with van der Waals surface area (Å²) in [6.45, 7) is 9.52. The summed E-state index contributed by atoms with van der Waals surface area (Å²) in [5.41, 5.74) is 0. The maximum absolute atomic E-state index is 5.69. The lowest BCUT2D eigenvalue weighted by Gasteiger charge is -2.24. The highest BCUT2D eigenvalue weighted by molar-refractivity contribution is 7.97. The quantitative estimate of drug-likeness (QED) is 0.607. The molecule has 0 aromatic heterocycles. The fourth-order valence-electron chi connectivity index (χ4n) is 0.154. The van der Waals surface area contributed by atoms with E-state index in [9.17, 15) is 0 Å². The molecule has 0 nitrogen and oxygen atoms in total. The third-order valence-corrected chi connectivity index (χ3v) is 2.60. The Kier molecular flexibility index (Phi) is 9.53. The minimum Gasteiger partial charge on any atom is -0.200 e. The van der Waals surface area contributed by atoms with Crippen molar-refractivity contribution in [1.29, 1.82) is 0 Å². The van der Waals surface area contributed by atoms with Gasteiger partial charge in [-0.05, 0) is 23.7 Å². The molecule has 0 amide bonds. The standard InChI is InChI=1S/C6H14BCl.C2H6S/c1-5(2)6(3,4)7-8;1-3-2/h5,7H,1-4H3;1-2H3. The van der Waals surface area contributed by atoms with E-state index in [1.54, 1.807) is 11.8 Å². The molecule has 0 N–H and O–H groups in total. The molecule has 0 aliphatic heterocycles. The molecular formula is C8H20BClS. The molecule has 0 spiro atoms. The lowest BCUT2D eigenvalue weighted by molar-refractivity contribution is 0.478. The number of halogens is 1. The topological polar surface area (TPSA) is 0 Å². The van der Waals surface area contributed by atoms with Crippen LogP contribution in [-0.2, 0) is 0 Å². The fourth-order valence-corrected chi connectivity index (χ4v) is 0.463. The van der Waals surface area contributed by atoms with Gasteiger partial charge in [-0.1, -0.05) is 27.7 Å². The van der Waals surface area contributed by atoms with Crippen LogP contribution in [0.15, 0.2) is 0 Å². The average molecular weight is 195 g/mol. The smallest absolute Gasteiger partial charge is 0.200 e. The van der Waals surface area contributed by atoms with Crippen LogP contribution in [0.2, 0.25) is 5.31 Å². The molecule has 0 aromatic rings. The van der Waals surface area contributed by atoms with E-state index < -0.39 is 0 Å². The molecule has 0 rings (SSSR count). The zero-order valence-electron chi connectivity index (χ0n) is 8.57. The Morgan fingerprint density at radius 2 is 1.55 bits per heavy atom. The third-order valence-electron chi connectivity index (χ3n) is 1.91. The van der Waals surface area contributed by atoms with Crippen molar-refractivity contribution in [2.45, 2.75) is 33.0 Å². The summed E-state index contributed by atoms with van der Waals surface area (Å²) >= 11 is 7.44. The second-order valence-electron chi connectivity index (χ2n) is 3.69. The molecule has 3 heteroatoms. The first-order chi connectivity index (χ1) is 4.92. The molecule has 0 aliphatic rings. The van der Waals surface area contributed by atoms with E-state index in [0.29, 0.717) is 11.2 Å². The largest absolute Gasteiger partial charge is 0.239 e. The Morgan fingerprint density at radius 1 is 1.27 bits per heavy atom. The van der Waals surface area contributed by atoms with Gasteiger partial charge in [0.1, 0.15) is 0 Å². The van der Waals surface area contributed by atoms with Crippen LogP contribution < -0.4 is 0 Å². The number of hydrogen-bond donors (Lipinski definition) is 0. The van der Waals surface area contributed by atoms with Crippen molar-refractivity contribution < 1.29 is 0 Å². The second-order valence-corrected chi connectivity index (χ2v) is 4.77. The molecule has 0 heterocycles. The molecule has 0 aromatic carbocycles. The third kappa shape index (κ3) is 8.61. The van der Waals surface area contributed by atoms with Gasteiger partial charge in [0.05, 0.1) is 0 Å². The van der Waals surface area contributed by atoms with Gasteiger partial charge in [-0.15, -0.1) is 0 Å². The summed E-state index contributed by atoms with van der Waals surface area (Å²) < 4.78 is 0. The number of hydrogen-bond acceptors (Lipinski definition) is 1. The van der Waals surface area contributed by atoms with Crippen molar-refractivity contribution >= 4 is 29.9 Å². The Labute approximate surface area is 81.6 Å². The van der Waals surface area contributed by atoms with E-state index >= 15 is 0 Å². The molecule has 0 atom stereocenters. The van der Waals surface area contributed by atoms with Crippen LogP contribution in [0.1, 0.15) is 27.7 Å². The molecule has 0 saturated heterocycles. The average Bonchev–Trinajstić information content (AvgIpc) is 1.89. The lowest BCUT2D eigenvalue weighted by atomic mass is 9.64. The Bertz CT molecular complexity index is 84.2. The first-order valence-corrected chi connectivity index (χ1v) is 6.05. The summed E-state index contributed by atoms with van der Waals surface area (Å²) in [6, 6.07) is 0. The van der Waals surface area contributed by atoms with Crippen LogP contribution in [0.25, 0.3) is 0 Å². The molecule has 0 fully saturated rings. The van der Waals surface area contributed by atoms with Gasteiger partial charge in [0, 0.05) is 0 Å². The molecule has 0 aliphatic carbocycles. The first kappa shape index (κ1) is 14.2. The molecular weight excluding hydrogens is 174 g/mol. The van der Waals surface area contributed by atoms with Crippen molar-refractivity contribution in [3.05, 3.63) is 0 Å². The zero-order chi connectivity index (χ0) is 9.49. The molecule has 0 unspecified atom stereocenters. The van der Waals surface area contributed by atoms with Crippen LogP contribution in [0, 0.1) is 5.92 Å². The van der Waals surface area contributed by atoms with Crippen LogP contribution >= 0.6 is 23.2 Å². The molecule has 68 valence electrons. The Morgan fingerprint density at radius 3 is 1.55 bits per heavy atom. The predicted octanol–water partition coefficient (Wildman–Crippen LogP) is 3.41. The minimum absolute atomic E-state index is 0.307. The summed E-state index contributed by atoms with van der Waals surface area (Å²) in [5, 5.41) is 0.307. The highest BCUT2D eigenvalue weighted by atomic mass is 35.5. The van der Waals surface area contributed by atoms with Crippen molar-refractivity contribution in [3.8, 4) is 0 Å². The zero-order valence-corrected chi connectivity index (χ0v) is 10.1. The van der Waals surface area contributed by atoms with Gasteiger partial charge < -0.3 is 0 Å². The van der Waals surface area contributed by atoms with E-state index in [1.165, 1.54) is 0 Å². The second kappa shape index (κ2) is 7.36. The molecule has 0 saturated carbocycles. The maximum Gasteiger partial charge on any atom is 0.239 e. The van der Waals surface area contributed by atoms with Crippen molar-refractivity contribution in [1.82, 2.24) is 0 Å². The fraction of sp³-hybridized carbons (Fsp3) is 1.00. The van der Waals surface area contributed by atoms with Crippen LogP contribution in [-0.4, -0.2) is 19.2 Å². The van der Waals surface area contributed by atoms with E-state index in [4.69, 9.17) is 11.5 Å². The van der Waals surface area contributed by atoms with E-state index in [0.717, 1.165) is 6.69 Å². The summed E-state index contributed by atoms with van der Waals surface area (Å²) in [5.74, 6) is 0.681. The molecule has 11 heavy (non-hydrogen) atoms. The van der Waals surface area contributed by atoms with Crippen molar-refractivity contribution in [3.63, 3.8) is 0 Å². The van der Waals surface area contributed by atoms with E-state index in [1.807, 2.05) is 12.5 Å². The summed E-state index contributed by atoms with van der Waals surface area (Å²) in [4.78, 5) is 0. The first-order valence-electron chi connectivity index (χ1n) is 3.88. The van der Waals surface area contributed by atoms with Crippen LogP contribution in [0.4, 0.5) is 0 Å². The summed E-state index contributed by atoms with van der Waals surface area (Å²) in [6.07, 6.45) is 4.08. The van der Waals surface area contributed by atoms with Crippen molar-refractivity contribution in [2.24, 2.45) is 5.92 Å². The van der Waals surface area contributed by atoms with Gasteiger partial charge in [-0.2, -0.15) is 11.8 Å². The highest BCUT2D eigenvalue weighted by Gasteiger charge is 2.21. The summed E-state index contributed by atoms with van der Waals surface area (Å²) in [7, 11) is 0. The van der Waals surface area contributed by atoms with Crippen LogP contribution in [0.3, 0.4) is 0 Å². The van der Waals surface area contributed by atoms with Crippen molar-refractivity contribution in [2.75, 3.05) is 12.5 Å². The van der Waals surface area contributed by atoms with Gasteiger partial charge in [-0.25, -0.2) is 11.5 Å². The normalized spacial score (nSPS) is 10.5. The number of rotatable bonds is 2. The van der Waals surface area contributed by atoms with Gasteiger partial charge in [-0.3, -0.25) is 0 Å². The van der Waals surface area contributed by atoms with E-state index in [-0.39, 0.29) is 0 Å². The lowest BCUT2D eigenvalue weighted by Crippen LogP contribution is -2.15. The van der Waals surface area contributed by atoms with Crippen LogP contribution in [0.5, 0.6) is 0 Å².